The number of hydrogen-bond acceptors (Lipinski definition) is 3. The molecule has 0 aromatic heterocycles. The standard InChI is InChI=1S/C22H27FN2O2S/c1-2-24-14-19-15-25(28(26,27)21-11-7-6-10-20(21)23)17-22(19,16-24)13-12-18-8-4-3-5-9-18/h3-11,19H,2,12-17H2,1H3/t19-,22+/m0/s1. The second-order valence-electron chi connectivity index (χ2n) is 8.10. The van der Waals surface area contributed by atoms with Crippen molar-refractivity contribution in [3.8, 4) is 0 Å². The number of aryl methyl sites for hydroxylation is 1. The summed E-state index contributed by atoms with van der Waals surface area (Å²) in [6.07, 6.45) is 1.88. The SMILES string of the molecule is CCN1C[C@H]2CN(S(=O)(=O)c3ccccc3F)C[C@@]2(CCc2ccccc2)C1. The summed E-state index contributed by atoms with van der Waals surface area (Å²) >= 11 is 0. The lowest BCUT2D eigenvalue weighted by molar-refractivity contribution is 0.232. The fourth-order valence-corrected chi connectivity index (χ4v) is 6.50. The van der Waals surface area contributed by atoms with Crippen LogP contribution in [-0.2, 0) is 16.4 Å². The summed E-state index contributed by atoms with van der Waals surface area (Å²) < 4.78 is 42.0. The van der Waals surface area contributed by atoms with Crippen molar-refractivity contribution in [1.29, 1.82) is 0 Å². The van der Waals surface area contributed by atoms with Gasteiger partial charge in [0, 0.05) is 31.6 Å². The molecule has 2 aromatic carbocycles. The third-order valence-electron chi connectivity index (χ3n) is 6.45. The van der Waals surface area contributed by atoms with Crippen molar-refractivity contribution < 1.29 is 12.8 Å². The molecule has 2 aliphatic rings. The summed E-state index contributed by atoms with van der Waals surface area (Å²) in [5.41, 5.74) is 1.21. The molecule has 0 radical (unpaired) electrons. The lowest BCUT2D eigenvalue weighted by Crippen LogP contribution is -2.37. The van der Waals surface area contributed by atoms with Gasteiger partial charge in [-0.25, -0.2) is 12.8 Å². The Morgan fingerprint density at radius 1 is 1.04 bits per heavy atom. The van der Waals surface area contributed by atoms with Crippen LogP contribution in [0.25, 0.3) is 0 Å². The maximum Gasteiger partial charge on any atom is 0.246 e. The topological polar surface area (TPSA) is 40.6 Å². The molecule has 4 rings (SSSR count). The molecule has 2 aliphatic heterocycles. The van der Waals surface area contributed by atoms with Crippen molar-refractivity contribution in [1.82, 2.24) is 9.21 Å². The average molecular weight is 403 g/mol. The van der Waals surface area contributed by atoms with E-state index in [1.165, 1.54) is 28.1 Å². The number of rotatable bonds is 6. The molecule has 0 bridgehead atoms. The van der Waals surface area contributed by atoms with Crippen LogP contribution in [0.4, 0.5) is 4.39 Å². The van der Waals surface area contributed by atoms with E-state index < -0.39 is 15.8 Å². The summed E-state index contributed by atoms with van der Waals surface area (Å²) in [5.74, 6) is -0.384. The summed E-state index contributed by atoms with van der Waals surface area (Å²) in [4.78, 5) is 2.21. The normalized spacial score (nSPS) is 25.9. The van der Waals surface area contributed by atoms with Gasteiger partial charge in [0.25, 0.3) is 0 Å². The molecule has 0 N–H and O–H groups in total. The molecule has 28 heavy (non-hydrogen) atoms. The minimum Gasteiger partial charge on any atom is -0.303 e. The van der Waals surface area contributed by atoms with Gasteiger partial charge in [0.05, 0.1) is 0 Å². The van der Waals surface area contributed by atoms with E-state index in [-0.39, 0.29) is 16.2 Å². The number of sulfonamides is 1. The van der Waals surface area contributed by atoms with Crippen LogP contribution in [0.2, 0.25) is 0 Å². The molecule has 2 saturated heterocycles. The second-order valence-corrected chi connectivity index (χ2v) is 10.0. The van der Waals surface area contributed by atoms with Crippen LogP contribution < -0.4 is 0 Å². The zero-order valence-corrected chi connectivity index (χ0v) is 17.0. The van der Waals surface area contributed by atoms with Crippen LogP contribution in [0.1, 0.15) is 18.9 Å². The lowest BCUT2D eigenvalue weighted by Gasteiger charge is -2.29. The first-order valence-corrected chi connectivity index (χ1v) is 11.4. The zero-order valence-electron chi connectivity index (χ0n) is 16.2. The lowest BCUT2D eigenvalue weighted by atomic mass is 9.76. The van der Waals surface area contributed by atoms with E-state index in [4.69, 9.17) is 0 Å². The smallest absolute Gasteiger partial charge is 0.246 e. The second kappa shape index (κ2) is 7.58. The molecule has 4 nitrogen and oxygen atoms in total. The Morgan fingerprint density at radius 3 is 2.46 bits per heavy atom. The highest BCUT2D eigenvalue weighted by Crippen LogP contribution is 2.47. The van der Waals surface area contributed by atoms with E-state index in [9.17, 15) is 12.8 Å². The molecule has 0 saturated carbocycles. The Morgan fingerprint density at radius 2 is 1.75 bits per heavy atom. The highest BCUT2D eigenvalue weighted by atomic mass is 32.2. The number of halogens is 1. The van der Waals surface area contributed by atoms with Gasteiger partial charge in [-0.05, 0) is 43.0 Å². The first-order valence-electron chi connectivity index (χ1n) is 9.95. The fourth-order valence-electron chi connectivity index (χ4n) is 4.85. The van der Waals surface area contributed by atoms with E-state index >= 15 is 0 Å². The molecule has 0 aliphatic carbocycles. The van der Waals surface area contributed by atoms with Crippen LogP contribution in [0.15, 0.2) is 59.5 Å². The van der Waals surface area contributed by atoms with Gasteiger partial charge in [-0.1, -0.05) is 49.4 Å². The molecule has 0 spiro atoms. The van der Waals surface area contributed by atoms with E-state index in [0.29, 0.717) is 13.1 Å². The Balaban J connectivity index is 1.59. The molecular formula is C22H27FN2O2S. The van der Waals surface area contributed by atoms with Crippen LogP contribution in [-0.4, -0.2) is 50.3 Å². The third-order valence-corrected chi connectivity index (χ3v) is 8.30. The molecule has 0 amide bonds. The maximum atomic E-state index is 14.2. The number of benzene rings is 2. The summed E-state index contributed by atoms with van der Waals surface area (Å²) in [5, 5.41) is 0. The summed E-state index contributed by atoms with van der Waals surface area (Å²) in [6.45, 7) is 5.89. The zero-order chi connectivity index (χ0) is 19.8. The molecule has 6 heteroatoms. The molecule has 2 atom stereocenters. The molecular weight excluding hydrogens is 375 g/mol. The van der Waals surface area contributed by atoms with Crippen molar-refractivity contribution in [3.63, 3.8) is 0 Å². The van der Waals surface area contributed by atoms with Gasteiger partial charge >= 0.3 is 0 Å². The van der Waals surface area contributed by atoms with E-state index in [2.05, 4.69) is 24.0 Å². The van der Waals surface area contributed by atoms with Crippen molar-refractivity contribution in [2.75, 3.05) is 32.7 Å². The van der Waals surface area contributed by atoms with Crippen LogP contribution in [0.3, 0.4) is 0 Å². The van der Waals surface area contributed by atoms with Crippen LogP contribution in [0, 0.1) is 17.2 Å². The Kier molecular flexibility index (Phi) is 5.29. The predicted octanol–water partition coefficient (Wildman–Crippen LogP) is 3.40. The molecule has 2 heterocycles. The van der Waals surface area contributed by atoms with Gasteiger partial charge in [-0.3, -0.25) is 0 Å². The van der Waals surface area contributed by atoms with Crippen molar-refractivity contribution in [2.45, 2.75) is 24.7 Å². The summed E-state index contributed by atoms with van der Waals surface area (Å²) in [6, 6.07) is 16.0. The van der Waals surface area contributed by atoms with Gasteiger partial charge in [-0.2, -0.15) is 4.31 Å². The number of hydrogen-bond donors (Lipinski definition) is 0. The van der Waals surface area contributed by atoms with Crippen LogP contribution in [0.5, 0.6) is 0 Å². The fraction of sp³-hybridized carbons (Fsp3) is 0.455. The van der Waals surface area contributed by atoms with Crippen molar-refractivity contribution >= 4 is 10.0 Å². The number of nitrogens with zero attached hydrogens (tertiary/aromatic N) is 2. The Bertz CT molecular complexity index is 935. The van der Waals surface area contributed by atoms with Gasteiger partial charge in [0.2, 0.25) is 10.0 Å². The van der Waals surface area contributed by atoms with E-state index in [0.717, 1.165) is 32.5 Å². The molecule has 150 valence electrons. The van der Waals surface area contributed by atoms with E-state index in [1.807, 2.05) is 18.2 Å². The summed E-state index contributed by atoms with van der Waals surface area (Å²) in [7, 11) is -3.82. The largest absolute Gasteiger partial charge is 0.303 e. The first-order chi connectivity index (χ1) is 13.4. The van der Waals surface area contributed by atoms with Gasteiger partial charge in [0.1, 0.15) is 10.7 Å². The van der Waals surface area contributed by atoms with Crippen LogP contribution >= 0.6 is 0 Å². The number of fused-ring (bicyclic) bond motifs is 1. The quantitative estimate of drug-likeness (QED) is 0.744. The predicted molar refractivity (Wildman–Crippen MR) is 108 cm³/mol. The van der Waals surface area contributed by atoms with Crippen molar-refractivity contribution in [3.05, 3.63) is 66.0 Å². The Labute approximate surface area is 167 Å². The van der Waals surface area contributed by atoms with E-state index in [1.54, 1.807) is 6.07 Å². The highest BCUT2D eigenvalue weighted by molar-refractivity contribution is 7.89. The molecule has 0 unspecified atom stereocenters. The first kappa shape index (κ1) is 19.6. The molecule has 2 aromatic rings. The van der Waals surface area contributed by atoms with Crippen molar-refractivity contribution in [2.24, 2.45) is 11.3 Å². The Hall–Kier alpha value is -1.76. The number of likely N-dealkylation sites (tertiary alicyclic amines) is 1. The average Bonchev–Trinajstić information content (AvgIpc) is 3.22. The maximum absolute atomic E-state index is 14.2. The van der Waals surface area contributed by atoms with Gasteiger partial charge < -0.3 is 4.90 Å². The highest BCUT2D eigenvalue weighted by Gasteiger charge is 2.54. The minimum atomic E-state index is -3.82. The third kappa shape index (κ3) is 3.49. The van der Waals surface area contributed by atoms with Gasteiger partial charge in [-0.15, -0.1) is 0 Å². The minimum absolute atomic E-state index is 0.0653. The molecule has 2 fully saturated rings. The van der Waals surface area contributed by atoms with Gasteiger partial charge in [0.15, 0.2) is 0 Å². The monoisotopic (exact) mass is 402 g/mol.